The first-order valence-corrected chi connectivity index (χ1v) is 7.14. The zero-order valence-electron chi connectivity index (χ0n) is 11.6. The van der Waals surface area contributed by atoms with Crippen LogP contribution in [0.2, 0.25) is 0 Å². The lowest BCUT2D eigenvalue weighted by atomic mass is 9.87. The zero-order chi connectivity index (χ0) is 13.7. The molecule has 0 aromatic heterocycles. The van der Waals surface area contributed by atoms with Gasteiger partial charge < -0.3 is 10.4 Å². The van der Waals surface area contributed by atoms with Crippen LogP contribution in [0.25, 0.3) is 0 Å². The maximum atomic E-state index is 11.8. The molecule has 2 N–H and O–H groups in total. The van der Waals surface area contributed by atoms with Gasteiger partial charge in [0.05, 0.1) is 12.5 Å². The van der Waals surface area contributed by atoms with Gasteiger partial charge in [0.2, 0.25) is 5.91 Å². The predicted octanol–water partition coefficient (Wildman–Crippen LogP) is 2.20. The predicted molar refractivity (Wildman–Crippen MR) is 75.9 cm³/mol. The van der Waals surface area contributed by atoms with Crippen molar-refractivity contribution in [1.82, 2.24) is 5.32 Å². The fraction of sp³-hybridized carbons (Fsp3) is 0.562. The van der Waals surface area contributed by atoms with Gasteiger partial charge >= 0.3 is 0 Å². The number of aliphatic hydroxyl groups excluding tert-OH is 1. The smallest absolute Gasteiger partial charge is 0.224 e. The first-order chi connectivity index (χ1) is 9.13. The number of hydrogen-bond donors (Lipinski definition) is 2. The van der Waals surface area contributed by atoms with Crippen LogP contribution in [-0.4, -0.2) is 23.7 Å². The molecule has 2 rings (SSSR count). The lowest BCUT2D eigenvalue weighted by Gasteiger charge is -2.25. The van der Waals surface area contributed by atoms with Gasteiger partial charge in [-0.3, -0.25) is 4.79 Å². The Balaban J connectivity index is 1.71. The van der Waals surface area contributed by atoms with E-state index in [4.69, 9.17) is 0 Å². The van der Waals surface area contributed by atoms with Crippen molar-refractivity contribution in [2.45, 2.75) is 45.1 Å². The summed E-state index contributed by atoms with van der Waals surface area (Å²) in [6.45, 7) is 2.79. The first kappa shape index (κ1) is 14.1. The summed E-state index contributed by atoms with van der Waals surface area (Å²) in [5.74, 6) is 0.625. The second-order valence-corrected chi connectivity index (χ2v) is 5.64. The number of hydrogen-bond acceptors (Lipinski definition) is 2. The number of aryl methyl sites for hydroxylation is 1. The van der Waals surface area contributed by atoms with E-state index in [-0.39, 0.29) is 12.0 Å². The molecule has 1 amide bonds. The van der Waals surface area contributed by atoms with Crippen molar-refractivity contribution in [3.05, 3.63) is 35.4 Å². The van der Waals surface area contributed by atoms with E-state index in [9.17, 15) is 9.90 Å². The summed E-state index contributed by atoms with van der Waals surface area (Å²) < 4.78 is 0. The summed E-state index contributed by atoms with van der Waals surface area (Å²) in [5, 5.41) is 12.4. The van der Waals surface area contributed by atoms with Crippen LogP contribution in [0.3, 0.4) is 0 Å². The number of carbonyl (C=O) groups excluding carboxylic acids is 1. The van der Waals surface area contributed by atoms with Gasteiger partial charge in [-0.25, -0.2) is 0 Å². The molecule has 0 spiro atoms. The van der Waals surface area contributed by atoms with Crippen molar-refractivity contribution >= 4 is 5.91 Å². The highest BCUT2D eigenvalue weighted by Gasteiger charge is 2.19. The number of nitrogens with one attached hydrogen (secondary N) is 1. The second kappa shape index (κ2) is 6.71. The molecule has 1 aliphatic rings. The average molecular weight is 261 g/mol. The van der Waals surface area contributed by atoms with Crippen molar-refractivity contribution < 1.29 is 9.90 Å². The number of aliphatic hydroxyl groups is 1. The molecular weight excluding hydrogens is 238 g/mol. The molecule has 0 heterocycles. The Hall–Kier alpha value is -1.35. The molecular formula is C16H23NO2. The third-order valence-electron chi connectivity index (χ3n) is 3.89. The molecule has 1 aliphatic carbocycles. The van der Waals surface area contributed by atoms with Crippen LogP contribution in [0.4, 0.5) is 0 Å². The van der Waals surface area contributed by atoms with Crippen molar-refractivity contribution in [3.8, 4) is 0 Å². The highest BCUT2D eigenvalue weighted by molar-refractivity contribution is 5.78. The molecule has 19 heavy (non-hydrogen) atoms. The van der Waals surface area contributed by atoms with Gasteiger partial charge in [-0.2, -0.15) is 0 Å². The van der Waals surface area contributed by atoms with Gasteiger partial charge in [0.15, 0.2) is 0 Å². The molecule has 0 aliphatic heterocycles. The van der Waals surface area contributed by atoms with Crippen LogP contribution in [0.5, 0.6) is 0 Å². The quantitative estimate of drug-likeness (QED) is 0.873. The van der Waals surface area contributed by atoms with Crippen molar-refractivity contribution in [2.75, 3.05) is 6.54 Å². The maximum absolute atomic E-state index is 11.8. The number of rotatable bonds is 4. The molecule has 1 saturated carbocycles. The Morgan fingerprint density at radius 3 is 2.47 bits per heavy atom. The summed E-state index contributed by atoms with van der Waals surface area (Å²) >= 11 is 0. The Morgan fingerprint density at radius 2 is 1.84 bits per heavy atom. The molecule has 3 heteroatoms. The van der Waals surface area contributed by atoms with Crippen LogP contribution >= 0.6 is 0 Å². The molecule has 0 bridgehead atoms. The third kappa shape index (κ3) is 4.67. The monoisotopic (exact) mass is 261 g/mol. The van der Waals surface area contributed by atoms with Crippen LogP contribution in [0.15, 0.2) is 24.3 Å². The largest absolute Gasteiger partial charge is 0.393 e. The number of amides is 1. The molecule has 1 aromatic carbocycles. The first-order valence-electron chi connectivity index (χ1n) is 7.14. The fourth-order valence-corrected chi connectivity index (χ4v) is 2.56. The number of carbonyl (C=O) groups is 1. The summed E-state index contributed by atoms with van der Waals surface area (Å²) in [7, 11) is 0. The lowest BCUT2D eigenvalue weighted by molar-refractivity contribution is -0.120. The third-order valence-corrected chi connectivity index (χ3v) is 3.89. The molecule has 3 nitrogen and oxygen atoms in total. The normalized spacial score (nSPS) is 23.1. The Kier molecular flexibility index (Phi) is 4.97. The van der Waals surface area contributed by atoms with E-state index in [1.54, 1.807) is 0 Å². The lowest BCUT2D eigenvalue weighted by Crippen LogP contribution is -2.33. The van der Waals surface area contributed by atoms with Gasteiger partial charge in [-0.05, 0) is 44.1 Å². The molecule has 104 valence electrons. The van der Waals surface area contributed by atoms with E-state index in [0.29, 0.717) is 12.3 Å². The van der Waals surface area contributed by atoms with E-state index in [2.05, 4.69) is 5.32 Å². The zero-order valence-corrected chi connectivity index (χ0v) is 11.6. The van der Waals surface area contributed by atoms with Gasteiger partial charge in [0.25, 0.3) is 0 Å². The summed E-state index contributed by atoms with van der Waals surface area (Å²) in [6.07, 6.45) is 4.12. The summed E-state index contributed by atoms with van der Waals surface area (Å²) in [4.78, 5) is 11.8. The van der Waals surface area contributed by atoms with Gasteiger partial charge in [0, 0.05) is 6.54 Å². The fourth-order valence-electron chi connectivity index (χ4n) is 2.56. The Bertz CT molecular complexity index is 405. The van der Waals surface area contributed by atoms with E-state index >= 15 is 0 Å². The van der Waals surface area contributed by atoms with Crippen LogP contribution in [0, 0.1) is 12.8 Å². The minimum absolute atomic E-state index is 0.0926. The molecule has 1 aromatic rings. The average Bonchev–Trinajstić information content (AvgIpc) is 2.41. The Labute approximate surface area is 115 Å². The van der Waals surface area contributed by atoms with Crippen LogP contribution < -0.4 is 5.32 Å². The van der Waals surface area contributed by atoms with Gasteiger partial charge in [0.1, 0.15) is 0 Å². The summed E-state index contributed by atoms with van der Waals surface area (Å²) in [6, 6.07) is 8.08. The van der Waals surface area contributed by atoms with E-state index in [0.717, 1.165) is 37.8 Å². The minimum atomic E-state index is -0.125. The van der Waals surface area contributed by atoms with Crippen molar-refractivity contribution in [1.29, 1.82) is 0 Å². The van der Waals surface area contributed by atoms with Crippen LogP contribution in [-0.2, 0) is 11.2 Å². The highest BCUT2D eigenvalue weighted by atomic mass is 16.3. The van der Waals surface area contributed by atoms with Crippen molar-refractivity contribution in [2.24, 2.45) is 5.92 Å². The maximum Gasteiger partial charge on any atom is 0.224 e. The van der Waals surface area contributed by atoms with E-state index < -0.39 is 0 Å². The number of benzene rings is 1. The molecule has 1 fully saturated rings. The Morgan fingerprint density at radius 1 is 1.21 bits per heavy atom. The topological polar surface area (TPSA) is 49.3 Å². The van der Waals surface area contributed by atoms with Crippen molar-refractivity contribution in [3.63, 3.8) is 0 Å². The minimum Gasteiger partial charge on any atom is -0.393 e. The van der Waals surface area contributed by atoms with Crippen LogP contribution in [0.1, 0.15) is 36.8 Å². The second-order valence-electron chi connectivity index (χ2n) is 5.64. The highest BCUT2D eigenvalue weighted by Crippen LogP contribution is 2.23. The van der Waals surface area contributed by atoms with Gasteiger partial charge in [-0.15, -0.1) is 0 Å². The van der Waals surface area contributed by atoms with Gasteiger partial charge in [-0.1, -0.05) is 29.8 Å². The molecule has 0 saturated heterocycles. The van der Waals surface area contributed by atoms with E-state index in [1.807, 2.05) is 31.2 Å². The summed E-state index contributed by atoms with van der Waals surface area (Å²) in [5.41, 5.74) is 2.27. The van der Waals surface area contributed by atoms with E-state index in [1.165, 1.54) is 5.56 Å². The SMILES string of the molecule is Cc1ccc(CC(=O)NCC2CCC(O)CC2)cc1. The molecule has 0 unspecified atom stereocenters. The molecule has 0 radical (unpaired) electrons. The molecule has 0 atom stereocenters. The standard InChI is InChI=1S/C16H23NO2/c1-12-2-4-13(5-3-12)10-16(19)17-11-14-6-8-15(18)9-7-14/h2-5,14-15,18H,6-11H2,1H3,(H,17,19).